The van der Waals surface area contributed by atoms with E-state index < -0.39 is 0 Å². The van der Waals surface area contributed by atoms with Gasteiger partial charge in [-0.1, -0.05) is 35.7 Å². The molecule has 0 heterocycles. The molecular weight excluding hydrogens is 350 g/mol. The monoisotopic (exact) mass is 371 g/mol. The Morgan fingerprint density at radius 1 is 1.23 bits per heavy atom. The van der Waals surface area contributed by atoms with Crippen LogP contribution in [0.1, 0.15) is 30.5 Å². The summed E-state index contributed by atoms with van der Waals surface area (Å²) in [6, 6.07) is 12.9. The van der Waals surface area contributed by atoms with Gasteiger partial charge in [-0.15, -0.1) is 6.42 Å². The zero-order valence-corrected chi connectivity index (χ0v) is 15.7. The standard InChI is InChI=1S/C21H22ClNO3/c1-4-13-26-19-11-5-16(14-20(19)25-3)6-12-21(24)23-15(2)17-7-9-18(22)10-8-17/h1,5,7-11,14-15H,6,12-13H2,2-3H3,(H,23,24). The second-order valence-corrected chi connectivity index (χ2v) is 6.26. The first kappa shape index (κ1) is 19.7. The molecule has 2 rings (SSSR count). The maximum atomic E-state index is 12.2. The summed E-state index contributed by atoms with van der Waals surface area (Å²) in [6.07, 6.45) is 6.18. The fourth-order valence-corrected chi connectivity index (χ4v) is 2.64. The van der Waals surface area contributed by atoms with E-state index in [-0.39, 0.29) is 18.6 Å². The second kappa shape index (κ2) is 9.74. The third kappa shape index (κ3) is 5.72. The van der Waals surface area contributed by atoms with E-state index in [2.05, 4.69) is 11.2 Å². The number of benzene rings is 2. The van der Waals surface area contributed by atoms with Gasteiger partial charge in [-0.25, -0.2) is 0 Å². The number of ether oxygens (including phenoxy) is 2. The fraction of sp³-hybridized carbons (Fsp3) is 0.286. The molecule has 0 saturated heterocycles. The molecule has 1 N–H and O–H groups in total. The number of amides is 1. The summed E-state index contributed by atoms with van der Waals surface area (Å²) in [5, 5.41) is 3.67. The van der Waals surface area contributed by atoms with E-state index in [4.69, 9.17) is 27.5 Å². The molecule has 0 aromatic heterocycles. The number of carbonyl (C=O) groups is 1. The molecule has 0 bridgehead atoms. The van der Waals surface area contributed by atoms with Crippen LogP contribution < -0.4 is 14.8 Å². The van der Waals surface area contributed by atoms with Gasteiger partial charge in [-0.05, 0) is 48.7 Å². The Labute approximate surface area is 159 Å². The molecule has 0 aliphatic rings. The molecule has 26 heavy (non-hydrogen) atoms. The summed E-state index contributed by atoms with van der Waals surface area (Å²) in [5.74, 6) is 3.60. The van der Waals surface area contributed by atoms with E-state index in [1.54, 1.807) is 13.2 Å². The lowest BCUT2D eigenvalue weighted by Gasteiger charge is -2.15. The van der Waals surface area contributed by atoms with Crippen LogP contribution in [0.5, 0.6) is 11.5 Å². The van der Waals surface area contributed by atoms with Crippen LogP contribution in [0, 0.1) is 12.3 Å². The van der Waals surface area contributed by atoms with Crippen LogP contribution in [-0.4, -0.2) is 19.6 Å². The third-order valence-electron chi connectivity index (χ3n) is 3.93. The predicted octanol–water partition coefficient (Wildman–Crippen LogP) is 4.17. The molecule has 1 atom stereocenters. The molecule has 2 aromatic rings. The number of rotatable bonds is 8. The Bertz CT molecular complexity index is 781. The summed E-state index contributed by atoms with van der Waals surface area (Å²) < 4.78 is 10.7. The number of aryl methyl sites for hydroxylation is 1. The number of methoxy groups -OCH3 is 1. The zero-order valence-electron chi connectivity index (χ0n) is 14.9. The second-order valence-electron chi connectivity index (χ2n) is 5.82. The van der Waals surface area contributed by atoms with Crippen LogP contribution in [-0.2, 0) is 11.2 Å². The molecule has 4 nitrogen and oxygen atoms in total. The first-order valence-electron chi connectivity index (χ1n) is 8.31. The number of terminal acetylenes is 1. The van der Waals surface area contributed by atoms with Crippen molar-refractivity contribution in [2.24, 2.45) is 0 Å². The van der Waals surface area contributed by atoms with Gasteiger partial charge < -0.3 is 14.8 Å². The van der Waals surface area contributed by atoms with Crippen molar-refractivity contribution in [3.8, 4) is 23.8 Å². The Morgan fingerprint density at radius 2 is 1.96 bits per heavy atom. The smallest absolute Gasteiger partial charge is 0.220 e. The highest BCUT2D eigenvalue weighted by atomic mass is 35.5. The van der Waals surface area contributed by atoms with Crippen molar-refractivity contribution in [3.63, 3.8) is 0 Å². The zero-order chi connectivity index (χ0) is 18.9. The van der Waals surface area contributed by atoms with Crippen molar-refractivity contribution in [1.82, 2.24) is 5.32 Å². The van der Waals surface area contributed by atoms with Gasteiger partial charge in [0, 0.05) is 11.4 Å². The maximum Gasteiger partial charge on any atom is 0.220 e. The topological polar surface area (TPSA) is 47.6 Å². The lowest BCUT2D eigenvalue weighted by Crippen LogP contribution is -2.26. The van der Waals surface area contributed by atoms with Crippen LogP contribution in [0.2, 0.25) is 5.02 Å². The molecule has 0 radical (unpaired) electrons. The van der Waals surface area contributed by atoms with E-state index in [1.165, 1.54) is 0 Å². The number of carbonyl (C=O) groups excluding carboxylic acids is 1. The highest BCUT2D eigenvalue weighted by molar-refractivity contribution is 6.30. The Kier molecular flexibility index (Phi) is 7.37. The van der Waals surface area contributed by atoms with Crippen molar-refractivity contribution < 1.29 is 14.3 Å². The van der Waals surface area contributed by atoms with E-state index >= 15 is 0 Å². The van der Waals surface area contributed by atoms with Crippen LogP contribution >= 0.6 is 11.6 Å². The number of halogens is 1. The molecule has 0 fully saturated rings. The van der Waals surface area contributed by atoms with Gasteiger partial charge in [0.1, 0.15) is 6.61 Å². The quantitative estimate of drug-likeness (QED) is 0.708. The molecule has 0 aliphatic heterocycles. The van der Waals surface area contributed by atoms with Gasteiger partial charge in [0.15, 0.2) is 11.5 Å². The average Bonchev–Trinajstić information content (AvgIpc) is 2.65. The molecule has 0 saturated carbocycles. The van der Waals surface area contributed by atoms with Crippen molar-refractivity contribution >= 4 is 17.5 Å². The molecular formula is C21H22ClNO3. The largest absolute Gasteiger partial charge is 0.493 e. The SMILES string of the molecule is C#CCOc1ccc(CCC(=O)NC(C)c2ccc(Cl)cc2)cc1OC. The highest BCUT2D eigenvalue weighted by Gasteiger charge is 2.11. The molecule has 0 spiro atoms. The molecule has 136 valence electrons. The fourth-order valence-electron chi connectivity index (χ4n) is 2.51. The molecule has 1 unspecified atom stereocenters. The predicted molar refractivity (Wildman–Crippen MR) is 104 cm³/mol. The minimum Gasteiger partial charge on any atom is -0.493 e. The van der Waals surface area contributed by atoms with Gasteiger partial charge in [-0.3, -0.25) is 4.79 Å². The Morgan fingerprint density at radius 3 is 2.62 bits per heavy atom. The molecule has 1 amide bonds. The van der Waals surface area contributed by atoms with E-state index in [1.807, 2.05) is 43.3 Å². The lowest BCUT2D eigenvalue weighted by atomic mass is 10.1. The van der Waals surface area contributed by atoms with Crippen LogP contribution in [0.15, 0.2) is 42.5 Å². The minimum atomic E-state index is -0.0751. The lowest BCUT2D eigenvalue weighted by molar-refractivity contribution is -0.121. The molecule has 0 aliphatic carbocycles. The summed E-state index contributed by atoms with van der Waals surface area (Å²) >= 11 is 5.89. The molecule has 2 aromatic carbocycles. The maximum absolute atomic E-state index is 12.2. The van der Waals surface area contributed by atoms with Crippen LogP contribution in [0.4, 0.5) is 0 Å². The molecule has 5 heteroatoms. The Hall–Kier alpha value is -2.64. The van der Waals surface area contributed by atoms with E-state index in [9.17, 15) is 4.79 Å². The summed E-state index contributed by atoms with van der Waals surface area (Å²) in [4.78, 5) is 12.2. The first-order valence-corrected chi connectivity index (χ1v) is 8.69. The summed E-state index contributed by atoms with van der Waals surface area (Å²) in [7, 11) is 1.57. The number of hydrogen-bond donors (Lipinski definition) is 1. The minimum absolute atomic E-state index is 0.0147. The van der Waals surface area contributed by atoms with Crippen LogP contribution in [0.3, 0.4) is 0 Å². The summed E-state index contributed by atoms with van der Waals surface area (Å²) in [6.45, 7) is 2.13. The third-order valence-corrected chi connectivity index (χ3v) is 4.18. The van der Waals surface area contributed by atoms with Crippen molar-refractivity contribution in [2.45, 2.75) is 25.8 Å². The van der Waals surface area contributed by atoms with Crippen molar-refractivity contribution in [1.29, 1.82) is 0 Å². The van der Waals surface area contributed by atoms with Gasteiger partial charge >= 0.3 is 0 Å². The summed E-state index contributed by atoms with van der Waals surface area (Å²) in [5.41, 5.74) is 2.00. The number of nitrogens with one attached hydrogen (secondary N) is 1. The van der Waals surface area contributed by atoms with Crippen LogP contribution in [0.25, 0.3) is 0 Å². The average molecular weight is 372 g/mol. The van der Waals surface area contributed by atoms with Gasteiger partial charge in [0.05, 0.1) is 13.2 Å². The normalized spacial score (nSPS) is 11.3. The van der Waals surface area contributed by atoms with E-state index in [0.717, 1.165) is 11.1 Å². The van der Waals surface area contributed by atoms with Gasteiger partial charge in [0.25, 0.3) is 0 Å². The van der Waals surface area contributed by atoms with Gasteiger partial charge in [0.2, 0.25) is 5.91 Å². The van der Waals surface area contributed by atoms with E-state index in [0.29, 0.717) is 29.4 Å². The number of hydrogen-bond acceptors (Lipinski definition) is 3. The van der Waals surface area contributed by atoms with Crippen molar-refractivity contribution in [3.05, 3.63) is 58.6 Å². The Balaban J connectivity index is 1.90. The van der Waals surface area contributed by atoms with Crippen molar-refractivity contribution in [2.75, 3.05) is 13.7 Å². The van der Waals surface area contributed by atoms with Gasteiger partial charge in [-0.2, -0.15) is 0 Å². The highest BCUT2D eigenvalue weighted by Crippen LogP contribution is 2.28. The first-order chi connectivity index (χ1) is 12.5.